The molecule has 0 aliphatic carbocycles. The number of ether oxygens (including phenoxy) is 5. The first-order valence-corrected chi connectivity index (χ1v) is 10.2. The fourth-order valence-electron chi connectivity index (χ4n) is 2.27. The Morgan fingerprint density at radius 1 is 0.654 bits per heavy atom. The molecule has 0 spiro atoms. The van der Waals surface area contributed by atoms with Gasteiger partial charge in [0.15, 0.2) is 0 Å². The van der Waals surface area contributed by atoms with Gasteiger partial charge >= 0.3 is 5.97 Å². The number of unbranched alkanes of at least 4 members (excludes halogenated alkanes) is 2. The second-order valence-corrected chi connectivity index (χ2v) is 6.22. The molecule has 0 radical (unpaired) electrons. The van der Waals surface area contributed by atoms with Crippen LogP contribution in [0.4, 0.5) is 0 Å². The average Bonchev–Trinajstić information content (AvgIpc) is 2.65. The molecule has 6 nitrogen and oxygen atoms in total. The van der Waals surface area contributed by atoms with Gasteiger partial charge in [-0.15, -0.1) is 0 Å². The number of hydrogen-bond acceptors (Lipinski definition) is 6. The zero-order valence-corrected chi connectivity index (χ0v) is 17.1. The van der Waals surface area contributed by atoms with Crippen LogP contribution in [0.3, 0.4) is 0 Å². The molecular formula is C20H40O6. The van der Waals surface area contributed by atoms with Crippen molar-refractivity contribution in [2.24, 2.45) is 5.92 Å². The van der Waals surface area contributed by atoms with Crippen LogP contribution in [0, 0.1) is 5.92 Å². The van der Waals surface area contributed by atoms with E-state index in [1.807, 2.05) is 6.92 Å². The van der Waals surface area contributed by atoms with Crippen LogP contribution in [-0.4, -0.2) is 65.4 Å². The number of carbonyl (C=O) groups excluding carboxylic acids is 1. The maximum atomic E-state index is 11.9. The molecule has 0 aliphatic rings. The summed E-state index contributed by atoms with van der Waals surface area (Å²) in [6.07, 6.45) is 6.16. The van der Waals surface area contributed by atoms with Gasteiger partial charge in [0.25, 0.3) is 0 Å². The number of carbonyl (C=O) groups is 1. The van der Waals surface area contributed by atoms with Crippen molar-refractivity contribution >= 4 is 5.97 Å². The second kappa shape index (κ2) is 20.6. The highest BCUT2D eigenvalue weighted by Crippen LogP contribution is 2.14. The van der Waals surface area contributed by atoms with E-state index in [4.69, 9.17) is 23.7 Å². The van der Waals surface area contributed by atoms with Crippen molar-refractivity contribution in [3.8, 4) is 0 Å². The van der Waals surface area contributed by atoms with Crippen LogP contribution in [0.25, 0.3) is 0 Å². The van der Waals surface area contributed by atoms with Gasteiger partial charge in [0, 0.05) is 6.61 Å². The molecule has 0 aromatic rings. The van der Waals surface area contributed by atoms with Crippen LogP contribution in [0.1, 0.15) is 59.3 Å². The molecule has 0 aromatic heterocycles. The zero-order valence-electron chi connectivity index (χ0n) is 17.1. The first-order valence-electron chi connectivity index (χ1n) is 10.2. The summed E-state index contributed by atoms with van der Waals surface area (Å²) in [6.45, 7) is 11.2. The van der Waals surface area contributed by atoms with Gasteiger partial charge in [-0.25, -0.2) is 0 Å². The third kappa shape index (κ3) is 16.8. The van der Waals surface area contributed by atoms with Crippen LogP contribution in [-0.2, 0) is 28.5 Å². The van der Waals surface area contributed by atoms with Gasteiger partial charge in [0.2, 0.25) is 0 Å². The van der Waals surface area contributed by atoms with E-state index in [-0.39, 0.29) is 11.9 Å². The highest BCUT2D eigenvalue weighted by Gasteiger charge is 2.16. The van der Waals surface area contributed by atoms with Crippen molar-refractivity contribution in [1.82, 2.24) is 0 Å². The summed E-state index contributed by atoms with van der Waals surface area (Å²) >= 11 is 0. The van der Waals surface area contributed by atoms with E-state index >= 15 is 0 Å². The summed E-state index contributed by atoms with van der Waals surface area (Å²) in [5.74, 6) is -0.0769. The van der Waals surface area contributed by atoms with E-state index < -0.39 is 0 Å². The van der Waals surface area contributed by atoms with E-state index in [2.05, 4.69) is 13.8 Å². The molecule has 0 N–H and O–H groups in total. The Kier molecular flexibility index (Phi) is 20.1. The van der Waals surface area contributed by atoms with Crippen LogP contribution in [0.15, 0.2) is 0 Å². The molecule has 0 heterocycles. The number of esters is 1. The molecule has 1 atom stereocenters. The molecule has 1 unspecified atom stereocenters. The number of hydrogen-bond donors (Lipinski definition) is 0. The van der Waals surface area contributed by atoms with Crippen molar-refractivity contribution in [2.75, 3.05) is 59.5 Å². The molecule has 0 amide bonds. The molecule has 0 saturated heterocycles. The summed E-state index contributed by atoms with van der Waals surface area (Å²) < 4.78 is 26.9. The molecule has 0 rings (SSSR count). The van der Waals surface area contributed by atoms with Crippen LogP contribution in [0.5, 0.6) is 0 Å². The highest BCUT2D eigenvalue weighted by molar-refractivity contribution is 5.72. The topological polar surface area (TPSA) is 63.2 Å². The summed E-state index contributed by atoms with van der Waals surface area (Å²) in [5, 5.41) is 0. The van der Waals surface area contributed by atoms with Gasteiger partial charge in [-0.1, -0.05) is 40.0 Å². The van der Waals surface area contributed by atoms with Crippen LogP contribution >= 0.6 is 0 Å². The minimum atomic E-state index is -0.100. The van der Waals surface area contributed by atoms with E-state index in [0.29, 0.717) is 52.9 Å². The number of rotatable bonds is 20. The molecule has 0 bridgehead atoms. The highest BCUT2D eigenvalue weighted by atomic mass is 16.6. The minimum absolute atomic E-state index is 0.0235. The normalized spacial score (nSPS) is 12.3. The average molecular weight is 377 g/mol. The first kappa shape index (κ1) is 25.3. The predicted octanol–water partition coefficient (Wildman–Crippen LogP) is 3.61. The Labute approximate surface area is 159 Å². The summed E-state index contributed by atoms with van der Waals surface area (Å²) in [4.78, 5) is 11.9. The van der Waals surface area contributed by atoms with E-state index in [1.54, 1.807) is 0 Å². The molecule has 0 aliphatic heterocycles. The third-order valence-electron chi connectivity index (χ3n) is 3.96. The maximum absolute atomic E-state index is 11.9. The molecule has 0 aromatic carbocycles. The third-order valence-corrected chi connectivity index (χ3v) is 3.96. The summed E-state index contributed by atoms with van der Waals surface area (Å²) in [6, 6.07) is 0. The van der Waals surface area contributed by atoms with E-state index in [1.165, 1.54) is 0 Å². The van der Waals surface area contributed by atoms with Crippen molar-refractivity contribution in [1.29, 1.82) is 0 Å². The predicted molar refractivity (Wildman–Crippen MR) is 102 cm³/mol. The quantitative estimate of drug-likeness (QED) is 0.239. The van der Waals surface area contributed by atoms with Crippen LogP contribution in [0.2, 0.25) is 0 Å². The smallest absolute Gasteiger partial charge is 0.308 e. The maximum Gasteiger partial charge on any atom is 0.308 e. The fourth-order valence-corrected chi connectivity index (χ4v) is 2.27. The van der Waals surface area contributed by atoms with Gasteiger partial charge in [-0.3, -0.25) is 4.79 Å². The Balaban J connectivity index is 3.27. The standard InChI is InChI=1S/C20H40O6/c1-4-7-9-19(6-3)20(21)26-18-17-25-16-15-24-14-13-23-12-11-22-10-8-5-2/h19H,4-18H2,1-3H3. The molecule has 26 heavy (non-hydrogen) atoms. The van der Waals surface area contributed by atoms with Gasteiger partial charge < -0.3 is 23.7 Å². The van der Waals surface area contributed by atoms with E-state index in [0.717, 1.165) is 45.1 Å². The molecule has 0 fully saturated rings. The molecule has 156 valence electrons. The minimum Gasteiger partial charge on any atom is -0.463 e. The lowest BCUT2D eigenvalue weighted by Gasteiger charge is -2.13. The Morgan fingerprint density at radius 2 is 1.12 bits per heavy atom. The van der Waals surface area contributed by atoms with E-state index in [9.17, 15) is 4.79 Å². The van der Waals surface area contributed by atoms with Crippen molar-refractivity contribution < 1.29 is 28.5 Å². The van der Waals surface area contributed by atoms with Crippen molar-refractivity contribution in [3.63, 3.8) is 0 Å². The lowest BCUT2D eigenvalue weighted by atomic mass is 10.00. The van der Waals surface area contributed by atoms with Crippen molar-refractivity contribution in [2.45, 2.75) is 59.3 Å². The Morgan fingerprint density at radius 3 is 1.58 bits per heavy atom. The van der Waals surface area contributed by atoms with Crippen LogP contribution < -0.4 is 0 Å². The van der Waals surface area contributed by atoms with Crippen molar-refractivity contribution in [3.05, 3.63) is 0 Å². The lowest BCUT2D eigenvalue weighted by Crippen LogP contribution is -2.20. The van der Waals surface area contributed by atoms with Gasteiger partial charge in [-0.2, -0.15) is 0 Å². The largest absolute Gasteiger partial charge is 0.463 e. The summed E-state index contributed by atoms with van der Waals surface area (Å²) in [5.41, 5.74) is 0. The zero-order chi connectivity index (χ0) is 19.3. The Bertz CT molecular complexity index is 298. The first-order chi connectivity index (χ1) is 12.8. The van der Waals surface area contributed by atoms with Gasteiger partial charge in [0.05, 0.1) is 52.2 Å². The van der Waals surface area contributed by atoms with Gasteiger partial charge in [0.1, 0.15) is 6.61 Å². The molecule has 0 saturated carbocycles. The Hall–Kier alpha value is -0.690. The SMILES string of the molecule is CCCCOCCOCCOCCOCCOC(=O)C(CC)CCCC. The van der Waals surface area contributed by atoms with Gasteiger partial charge in [-0.05, 0) is 19.3 Å². The molecule has 6 heteroatoms. The summed E-state index contributed by atoms with van der Waals surface area (Å²) in [7, 11) is 0. The molecular weight excluding hydrogens is 336 g/mol. The lowest BCUT2D eigenvalue weighted by molar-refractivity contribution is -0.150. The monoisotopic (exact) mass is 376 g/mol. The fraction of sp³-hybridized carbons (Fsp3) is 0.950. The second-order valence-electron chi connectivity index (χ2n) is 6.22.